The van der Waals surface area contributed by atoms with Gasteiger partial charge in [-0.15, -0.1) is 0 Å². The molecule has 1 heterocycles. The van der Waals surface area contributed by atoms with Gasteiger partial charge in [-0.1, -0.05) is 18.2 Å². The van der Waals surface area contributed by atoms with Crippen molar-refractivity contribution in [1.29, 1.82) is 0 Å². The fourth-order valence-corrected chi connectivity index (χ4v) is 3.67. The van der Waals surface area contributed by atoms with E-state index in [1.54, 1.807) is 24.3 Å². The lowest BCUT2D eigenvalue weighted by Crippen LogP contribution is -2.46. The van der Waals surface area contributed by atoms with E-state index in [0.29, 0.717) is 18.7 Å². The number of carbonyl (C=O) groups excluding carboxylic acids is 1. The fraction of sp³-hybridized carbons (Fsp3) is 0.533. The highest BCUT2D eigenvalue weighted by molar-refractivity contribution is 7.88. The molecule has 2 N–H and O–H groups in total. The molecule has 0 aliphatic carbocycles. The van der Waals surface area contributed by atoms with Gasteiger partial charge in [0.1, 0.15) is 0 Å². The summed E-state index contributed by atoms with van der Waals surface area (Å²) < 4.78 is 31.7. The summed E-state index contributed by atoms with van der Waals surface area (Å²) in [6.45, 7) is 4.75. The minimum absolute atomic E-state index is 0.236. The molecule has 1 aromatic carbocycles. The van der Waals surface area contributed by atoms with Crippen molar-refractivity contribution in [1.82, 2.24) is 14.9 Å². The number of nitrogens with one attached hydrogen (secondary N) is 2. The summed E-state index contributed by atoms with van der Waals surface area (Å²) in [6, 6.07) is 6.58. The van der Waals surface area contributed by atoms with Crippen LogP contribution in [0.1, 0.15) is 15.9 Å². The van der Waals surface area contributed by atoms with E-state index < -0.39 is 16.0 Å². The summed E-state index contributed by atoms with van der Waals surface area (Å²) in [4.78, 5) is 13.9. The highest BCUT2D eigenvalue weighted by Gasteiger charge is 2.18. The summed E-state index contributed by atoms with van der Waals surface area (Å²) in [5, 5.41) is 3.25. The number of esters is 1. The summed E-state index contributed by atoms with van der Waals surface area (Å²) >= 11 is 0. The third-order valence-electron chi connectivity index (χ3n) is 3.73. The topological polar surface area (TPSA) is 87.7 Å². The third-order valence-corrected chi connectivity index (χ3v) is 5.06. The van der Waals surface area contributed by atoms with Crippen molar-refractivity contribution >= 4 is 16.0 Å². The second-order valence-corrected chi connectivity index (χ2v) is 7.20. The number of rotatable bonds is 7. The predicted molar refractivity (Wildman–Crippen MR) is 87.7 cm³/mol. The van der Waals surface area contributed by atoms with Crippen LogP contribution in [-0.2, 0) is 20.5 Å². The van der Waals surface area contributed by atoms with Gasteiger partial charge in [0.25, 0.3) is 0 Å². The van der Waals surface area contributed by atoms with Crippen molar-refractivity contribution in [2.24, 2.45) is 0 Å². The van der Waals surface area contributed by atoms with Crippen molar-refractivity contribution in [3.05, 3.63) is 35.4 Å². The van der Waals surface area contributed by atoms with E-state index in [4.69, 9.17) is 0 Å². The molecule has 0 spiro atoms. The van der Waals surface area contributed by atoms with Crippen LogP contribution in [0.2, 0.25) is 0 Å². The van der Waals surface area contributed by atoms with E-state index in [1.165, 1.54) is 7.11 Å². The van der Waals surface area contributed by atoms with Gasteiger partial charge in [-0.2, -0.15) is 0 Å². The number of nitrogens with zero attached hydrogens (tertiary/aromatic N) is 1. The van der Waals surface area contributed by atoms with E-state index >= 15 is 0 Å². The summed E-state index contributed by atoms with van der Waals surface area (Å²) in [6.07, 6.45) is 0. The first-order chi connectivity index (χ1) is 11.0. The molecule has 1 aliphatic rings. The molecule has 2 rings (SSSR count). The van der Waals surface area contributed by atoms with E-state index in [-0.39, 0.29) is 11.3 Å². The Hall–Kier alpha value is -1.48. The number of benzene rings is 1. The second-order valence-electron chi connectivity index (χ2n) is 5.39. The molecule has 0 radical (unpaired) electrons. The summed E-state index contributed by atoms with van der Waals surface area (Å²) in [5.74, 6) is -0.767. The highest BCUT2D eigenvalue weighted by atomic mass is 32.2. The lowest BCUT2D eigenvalue weighted by molar-refractivity contribution is 0.0600. The minimum Gasteiger partial charge on any atom is -0.465 e. The number of piperazine rings is 1. The Morgan fingerprint density at radius 2 is 2.00 bits per heavy atom. The molecule has 128 valence electrons. The zero-order valence-corrected chi connectivity index (χ0v) is 14.1. The minimum atomic E-state index is -3.50. The van der Waals surface area contributed by atoms with Crippen molar-refractivity contribution in [3.8, 4) is 0 Å². The van der Waals surface area contributed by atoms with Gasteiger partial charge in [-0.05, 0) is 11.6 Å². The van der Waals surface area contributed by atoms with Gasteiger partial charge < -0.3 is 10.1 Å². The molecular formula is C15H23N3O4S. The van der Waals surface area contributed by atoms with Gasteiger partial charge in [-0.3, -0.25) is 4.90 Å². The Morgan fingerprint density at radius 3 is 2.70 bits per heavy atom. The van der Waals surface area contributed by atoms with Crippen LogP contribution in [0.3, 0.4) is 0 Å². The van der Waals surface area contributed by atoms with E-state index in [1.807, 2.05) is 0 Å². The van der Waals surface area contributed by atoms with Crippen molar-refractivity contribution < 1.29 is 17.9 Å². The zero-order chi connectivity index (χ0) is 16.7. The quantitative estimate of drug-likeness (QED) is 0.668. The molecule has 0 bridgehead atoms. The predicted octanol–water partition coefficient (Wildman–Crippen LogP) is -0.202. The highest BCUT2D eigenvalue weighted by Crippen LogP contribution is 2.13. The zero-order valence-electron chi connectivity index (χ0n) is 13.2. The van der Waals surface area contributed by atoms with Crippen molar-refractivity contribution in [3.63, 3.8) is 0 Å². The number of ether oxygens (including phenoxy) is 1. The maximum atomic E-state index is 12.2. The number of hydrogen-bond donors (Lipinski definition) is 2. The van der Waals surface area contributed by atoms with Gasteiger partial charge >= 0.3 is 5.97 Å². The third kappa shape index (κ3) is 5.58. The maximum absolute atomic E-state index is 12.2. The SMILES string of the molecule is COC(=O)c1ccccc1CS(=O)(=O)NCCN1CCNCC1. The Kier molecular flexibility index (Phi) is 6.52. The van der Waals surface area contributed by atoms with E-state index in [9.17, 15) is 13.2 Å². The molecule has 0 atom stereocenters. The molecule has 7 nitrogen and oxygen atoms in total. The second kappa shape index (κ2) is 8.39. The first-order valence-electron chi connectivity index (χ1n) is 7.58. The largest absolute Gasteiger partial charge is 0.465 e. The lowest BCUT2D eigenvalue weighted by atomic mass is 10.1. The Bertz CT molecular complexity index is 627. The van der Waals surface area contributed by atoms with Crippen molar-refractivity contribution in [2.75, 3.05) is 46.4 Å². The van der Waals surface area contributed by atoms with Crippen LogP contribution in [0.25, 0.3) is 0 Å². The average Bonchev–Trinajstić information content (AvgIpc) is 2.55. The van der Waals surface area contributed by atoms with Crippen LogP contribution in [0.4, 0.5) is 0 Å². The Balaban J connectivity index is 1.92. The van der Waals surface area contributed by atoms with Crippen LogP contribution >= 0.6 is 0 Å². The molecule has 0 unspecified atom stereocenters. The number of sulfonamides is 1. The molecule has 0 saturated carbocycles. The number of hydrogen-bond acceptors (Lipinski definition) is 6. The lowest BCUT2D eigenvalue weighted by Gasteiger charge is -2.27. The number of methoxy groups -OCH3 is 1. The first kappa shape index (κ1) is 17.9. The molecule has 0 aromatic heterocycles. The molecule has 8 heteroatoms. The number of carbonyl (C=O) groups is 1. The van der Waals surface area contributed by atoms with Gasteiger partial charge in [0.2, 0.25) is 10.0 Å². The molecule has 1 aromatic rings. The molecule has 1 fully saturated rings. The summed E-state index contributed by atoms with van der Waals surface area (Å²) in [7, 11) is -2.22. The normalized spacial score (nSPS) is 16.2. The van der Waals surface area contributed by atoms with Crippen LogP contribution in [0.15, 0.2) is 24.3 Å². The molecule has 23 heavy (non-hydrogen) atoms. The molecular weight excluding hydrogens is 318 g/mol. The van der Waals surface area contributed by atoms with Gasteiger partial charge in [0.05, 0.1) is 18.4 Å². The van der Waals surface area contributed by atoms with E-state index in [0.717, 1.165) is 26.2 Å². The smallest absolute Gasteiger partial charge is 0.338 e. The van der Waals surface area contributed by atoms with E-state index in [2.05, 4.69) is 19.7 Å². The van der Waals surface area contributed by atoms with Crippen LogP contribution < -0.4 is 10.0 Å². The average molecular weight is 341 g/mol. The fourth-order valence-electron chi connectivity index (χ4n) is 2.51. The maximum Gasteiger partial charge on any atom is 0.338 e. The van der Waals surface area contributed by atoms with Gasteiger partial charge in [-0.25, -0.2) is 17.9 Å². The van der Waals surface area contributed by atoms with Gasteiger partial charge in [0, 0.05) is 39.3 Å². The van der Waals surface area contributed by atoms with Gasteiger partial charge in [0.15, 0.2) is 0 Å². The van der Waals surface area contributed by atoms with Crippen molar-refractivity contribution in [2.45, 2.75) is 5.75 Å². The van der Waals surface area contributed by atoms with Crippen LogP contribution in [-0.4, -0.2) is 65.7 Å². The monoisotopic (exact) mass is 341 g/mol. The Labute approximate surface area is 137 Å². The van der Waals surface area contributed by atoms with Crippen LogP contribution in [0, 0.1) is 0 Å². The summed E-state index contributed by atoms with van der Waals surface area (Å²) in [5.41, 5.74) is 0.719. The first-order valence-corrected chi connectivity index (χ1v) is 9.24. The standard InChI is InChI=1S/C15H23N3O4S/c1-22-15(19)14-5-3-2-4-13(14)12-23(20,21)17-8-11-18-9-6-16-7-10-18/h2-5,16-17H,6-12H2,1H3. The van der Waals surface area contributed by atoms with Crippen LogP contribution in [0.5, 0.6) is 0 Å². The Morgan fingerprint density at radius 1 is 1.30 bits per heavy atom. The molecule has 1 aliphatic heterocycles. The molecule has 1 saturated heterocycles. The molecule has 0 amide bonds.